The van der Waals surface area contributed by atoms with Gasteiger partial charge in [-0.2, -0.15) is 0 Å². The lowest BCUT2D eigenvalue weighted by atomic mass is 10.1. The lowest BCUT2D eigenvalue weighted by molar-refractivity contribution is 0.585. The summed E-state index contributed by atoms with van der Waals surface area (Å²) in [6, 6.07) is 13.0. The van der Waals surface area contributed by atoms with Crippen molar-refractivity contribution in [1.29, 1.82) is 0 Å². The third-order valence-electron chi connectivity index (χ3n) is 3.87. The second-order valence-corrected chi connectivity index (χ2v) is 8.11. The molecule has 0 saturated heterocycles. The van der Waals surface area contributed by atoms with E-state index in [9.17, 15) is 8.78 Å². The van der Waals surface area contributed by atoms with Gasteiger partial charge in [-0.25, -0.2) is 13.8 Å². The van der Waals surface area contributed by atoms with Gasteiger partial charge in [0, 0.05) is 22.1 Å². The first kappa shape index (κ1) is 17.3. The first-order valence-corrected chi connectivity index (χ1v) is 9.87. The Bertz CT molecular complexity index is 1100. The molecular weight excluding hydrogens is 392 g/mol. The summed E-state index contributed by atoms with van der Waals surface area (Å²) in [6.45, 7) is 2.01. The Kier molecular flexibility index (Phi) is 4.61. The van der Waals surface area contributed by atoms with Gasteiger partial charge in [-0.05, 0) is 42.1 Å². The van der Waals surface area contributed by atoms with Gasteiger partial charge in [0.2, 0.25) is 0 Å². The van der Waals surface area contributed by atoms with Crippen molar-refractivity contribution in [3.63, 3.8) is 0 Å². The minimum atomic E-state index is -0.629. The molecule has 0 bridgehead atoms. The highest BCUT2D eigenvalue weighted by molar-refractivity contribution is 7.23. The molecule has 0 N–H and O–H groups in total. The number of thiazole rings is 1. The van der Waals surface area contributed by atoms with E-state index in [1.54, 1.807) is 17.4 Å². The standard InChI is InChI=1S/C20H12ClF2NS2/c1-11-8-17(25-10-11)19-18(14-7-6-12(22)9-16(14)23)24-20(26-19)13-4-2-3-5-15(13)21/h2-10H,1H3. The van der Waals surface area contributed by atoms with Crippen molar-refractivity contribution < 1.29 is 8.78 Å². The smallest absolute Gasteiger partial charge is 0.135 e. The molecule has 0 radical (unpaired) electrons. The zero-order valence-electron chi connectivity index (χ0n) is 13.6. The molecule has 2 aromatic heterocycles. The molecule has 2 heterocycles. The molecule has 0 spiro atoms. The molecule has 130 valence electrons. The SMILES string of the molecule is Cc1csc(-c2sc(-c3ccccc3Cl)nc2-c2ccc(F)cc2F)c1. The summed E-state index contributed by atoms with van der Waals surface area (Å²) in [6.07, 6.45) is 0. The molecule has 4 rings (SSSR count). The minimum Gasteiger partial charge on any atom is -0.235 e. The van der Waals surface area contributed by atoms with Crippen LogP contribution in [-0.2, 0) is 0 Å². The van der Waals surface area contributed by atoms with Gasteiger partial charge in [-0.3, -0.25) is 0 Å². The molecule has 6 heteroatoms. The Labute approximate surface area is 162 Å². The fraction of sp³-hybridized carbons (Fsp3) is 0.0500. The predicted octanol–water partition coefficient (Wildman–Crippen LogP) is 7.45. The average Bonchev–Trinajstić information content (AvgIpc) is 3.22. The minimum absolute atomic E-state index is 0.280. The van der Waals surface area contributed by atoms with Crippen LogP contribution in [0.4, 0.5) is 8.78 Å². The number of rotatable bonds is 3. The molecular formula is C20H12ClF2NS2. The van der Waals surface area contributed by atoms with Crippen LogP contribution in [0.2, 0.25) is 5.02 Å². The summed E-state index contributed by atoms with van der Waals surface area (Å²) in [5.74, 6) is -1.24. The Hall–Kier alpha value is -2.08. The summed E-state index contributed by atoms with van der Waals surface area (Å²) in [5, 5.41) is 3.33. The average molecular weight is 404 g/mol. The van der Waals surface area contributed by atoms with E-state index in [4.69, 9.17) is 11.6 Å². The summed E-state index contributed by atoms with van der Waals surface area (Å²) >= 11 is 9.34. The molecule has 0 amide bonds. The molecule has 1 nitrogen and oxygen atoms in total. The Morgan fingerprint density at radius 2 is 1.81 bits per heavy atom. The Balaban J connectivity index is 1.95. The van der Waals surface area contributed by atoms with E-state index in [2.05, 4.69) is 4.98 Å². The second-order valence-electron chi connectivity index (χ2n) is 5.79. The van der Waals surface area contributed by atoms with Crippen LogP contribution in [0.25, 0.3) is 31.6 Å². The molecule has 0 unspecified atom stereocenters. The van der Waals surface area contributed by atoms with Crippen LogP contribution in [0.3, 0.4) is 0 Å². The highest BCUT2D eigenvalue weighted by Gasteiger charge is 2.20. The van der Waals surface area contributed by atoms with Gasteiger partial charge < -0.3 is 0 Å². The predicted molar refractivity (Wildman–Crippen MR) is 106 cm³/mol. The summed E-state index contributed by atoms with van der Waals surface area (Å²) in [7, 11) is 0. The lowest BCUT2D eigenvalue weighted by Crippen LogP contribution is -1.88. The van der Waals surface area contributed by atoms with E-state index in [1.807, 2.05) is 36.6 Å². The van der Waals surface area contributed by atoms with Gasteiger partial charge in [-0.15, -0.1) is 22.7 Å². The molecule has 26 heavy (non-hydrogen) atoms. The van der Waals surface area contributed by atoms with Crippen molar-refractivity contribution >= 4 is 34.3 Å². The van der Waals surface area contributed by atoms with Crippen molar-refractivity contribution in [2.45, 2.75) is 6.92 Å². The quantitative estimate of drug-likeness (QED) is 0.346. The molecule has 0 fully saturated rings. The van der Waals surface area contributed by atoms with Crippen LogP contribution in [0, 0.1) is 18.6 Å². The third kappa shape index (κ3) is 3.18. The maximum atomic E-state index is 14.4. The highest BCUT2D eigenvalue weighted by atomic mass is 35.5. The largest absolute Gasteiger partial charge is 0.235 e. The van der Waals surface area contributed by atoms with Crippen LogP contribution in [0.5, 0.6) is 0 Å². The van der Waals surface area contributed by atoms with E-state index in [0.717, 1.165) is 26.9 Å². The van der Waals surface area contributed by atoms with Crippen LogP contribution < -0.4 is 0 Å². The van der Waals surface area contributed by atoms with Crippen LogP contribution in [-0.4, -0.2) is 4.98 Å². The van der Waals surface area contributed by atoms with Crippen molar-refractivity contribution in [2.75, 3.05) is 0 Å². The fourth-order valence-corrected chi connectivity index (χ4v) is 5.07. The number of aromatic nitrogens is 1. The second kappa shape index (κ2) is 6.91. The fourth-order valence-electron chi connectivity index (χ4n) is 2.65. The number of benzene rings is 2. The monoisotopic (exact) mass is 403 g/mol. The van der Waals surface area contributed by atoms with Crippen molar-refractivity contribution in [2.24, 2.45) is 0 Å². The number of thiophene rings is 1. The van der Waals surface area contributed by atoms with Crippen LogP contribution in [0.15, 0.2) is 53.9 Å². The van der Waals surface area contributed by atoms with Gasteiger partial charge in [-0.1, -0.05) is 29.8 Å². The van der Waals surface area contributed by atoms with Gasteiger partial charge in [0.15, 0.2) is 0 Å². The van der Waals surface area contributed by atoms with Gasteiger partial charge in [0.1, 0.15) is 16.6 Å². The summed E-state index contributed by atoms with van der Waals surface area (Å²) in [5.41, 5.74) is 2.71. The van der Waals surface area contributed by atoms with E-state index in [0.29, 0.717) is 15.7 Å². The van der Waals surface area contributed by atoms with E-state index >= 15 is 0 Å². The first-order valence-electron chi connectivity index (χ1n) is 7.79. The van der Waals surface area contributed by atoms with Gasteiger partial charge in [0.25, 0.3) is 0 Å². The lowest BCUT2D eigenvalue weighted by Gasteiger charge is -2.03. The molecule has 0 aliphatic rings. The maximum Gasteiger partial charge on any atom is 0.135 e. The zero-order valence-corrected chi connectivity index (χ0v) is 16.0. The Morgan fingerprint density at radius 3 is 2.50 bits per heavy atom. The molecule has 0 saturated carbocycles. The Morgan fingerprint density at radius 1 is 1.00 bits per heavy atom. The molecule has 2 aromatic carbocycles. The van der Waals surface area contributed by atoms with E-state index < -0.39 is 11.6 Å². The molecule has 0 aliphatic carbocycles. The first-order chi connectivity index (χ1) is 12.5. The van der Waals surface area contributed by atoms with E-state index in [-0.39, 0.29) is 5.56 Å². The number of hydrogen-bond acceptors (Lipinski definition) is 3. The molecule has 0 atom stereocenters. The van der Waals surface area contributed by atoms with Crippen molar-refractivity contribution in [1.82, 2.24) is 4.98 Å². The topological polar surface area (TPSA) is 12.9 Å². The number of aryl methyl sites for hydroxylation is 1. The zero-order chi connectivity index (χ0) is 18.3. The van der Waals surface area contributed by atoms with Crippen molar-refractivity contribution in [3.05, 3.63) is 76.1 Å². The summed E-state index contributed by atoms with van der Waals surface area (Å²) in [4.78, 5) is 6.51. The molecule has 0 aliphatic heterocycles. The normalized spacial score (nSPS) is 11.1. The number of hydrogen-bond donors (Lipinski definition) is 0. The van der Waals surface area contributed by atoms with Crippen molar-refractivity contribution in [3.8, 4) is 31.6 Å². The van der Waals surface area contributed by atoms with E-state index in [1.165, 1.54) is 23.5 Å². The van der Waals surface area contributed by atoms with Crippen LogP contribution >= 0.6 is 34.3 Å². The highest BCUT2D eigenvalue weighted by Crippen LogP contribution is 2.44. The third-order valence-corrected chi connectivity index (χ3v) is 6.52. The van der Waals surface area contributed by atoms with Gasteiger partial charge in [0.05, 0.1) is 15.6 Å². The molecule has 4 aromatic rings. The van der Waals surface area contributed by atoms with Crippen LogP contribution in [0.1, 0.15) is 5.56 Å². The maximum absolute atomic E-state index is 14.4. The summed E-state index contributed by atoms with van der Waals surface area (Å²) < 4.78 is 27.8. The number of nitrogens with zero attached hydrogens (tertiary/aromatic N) is 1. The van der Waals surface area contributed by atoms with Gasteiger partial charge >= 0.3 is 0 Å². The number of halogens is 3.